The van der Waals surface area contributed by atoms with Crippen molar-refractivity contribution in [3.05, 3.63) is 51.5 Å². The van der Waals surface area contributed by atoms with Crippen LogP contribution in [0.25, 0.3) is 0 Å². The highest BCUT2D eigenvalue weighted by molar-refractivity contribution is 7.87. The van der Waals surface area contributed by atoms with Gasteiger partial charge in [-0.2, -0.15) is 8.42 Å². The Labute approximate surface area is 130 Å². The molecule has 0 bridgehead atoms. The lowest BCUT2D eigenvalue weighted by atomic mass is 10.3. The van der Waals surface area contributed by atoms with Gasteiger partial charge < -0.3 is 9.29 Å². The normalized spacial score (nSPS) is 11.3. The van der Waals surface area contributed by atoms with Crippen LogP contribution in [0.15, 0.2) is 41.3 Å². The largest absolute Gasteiger partial charge is 0.506 e. The van der Waals surface area contributed by atoms with Gasteiger partial charge in [-0.3, -0.25) is 0 Å². The zero-order valence-electron chi connectivity index (χ0n) is 9.68. The van der Waals surface area contributed by atoms with E-state index in [4.69, 9.17) is 39.0 Å². The van der Waals surface area contributed by atoms with Crippen LogP contribution < -0.4 is 4.18 Å². The Bertz CT molecular complexity index is 742. The summed E-state index contributed by atoms with van der Waals surface area (Å²) in [6, 6.07) is 7.76. The second-order valence-electron chi connectivity index (χ2n) is 3.73. The maximum Gasteiger partial charge on any atom is 0.339 e. The third-order valence-corrected chi connectivity index (χ3v) is 4.39. The summed E-state index contributed by atoms with van der Waals surface area (Å²) in [7, 11) is -4.10. The van der Waals surface area contributed by atoms with E-state index in [-0.39, 0.29) is 26.4 Å². The fourth-order valence-electron chi connectivity index (χ4n) is 1.38. The molecule has 4 nitrogen and oxygen atoms in total. The number of benzene rings is 2. The molecular formula is C12H7Cl3O4S. The number of halogens is 3. The Kier molecular flexibility index (Phi) is 4.34. The van der Waals surface area contributed by atoms with Crippen molar-refractivity contribution in [3.63, 3.8) is 0 Å². The lowest BCUT2D eigenvalue weighted by Gasteiger charge is -2.10. The van der Waals surface area contributed by atoms with Crippen molar-refractivity contribution in [2.75, 3.05) is 0 Å². The molecule has 1 N–H and O–H groups in total. The number of phenols is 1. The van der Waals surface area contributed by atoms with Crippen LogP contribution in [0.5, 0.6) is 11.5 Å². The summed E-state index contributed by atoms with van der Waals surface area (Å²) in [5.41, 5.74) is 0. The Morgan fingerprint density at radius 1 is 0.950 bits per heavy atom. The quantitative estimate of drug-likeness (QED) is 0.843. The van der Waals surface area contributed by atoms with Gasteiger partial charge in [-0.15, -0.1) is 0 Å². The van der Waals surface area contributed by atoms with Crippen molar-refractivity contribution >= 4 is 44.9 Å². The van der Waals surface area contributed by atoms with Gasteiger partial charge in [0, 0.05) is 22.2 Å². The summed E-state index contributed by atoms with van der Waals surface area (Å²) in [5.74, 6) is -0.632. The lowest BCUT2D eigenvalue weighted by Crippen LogP contribution is -2.09. The lowest BCUT2D eigenvalue weighted by molar-refractivity contribution is 0.464. The maximum atomic E-state index is 12.0. The van der Waals surface area contributed by atoms with Crippen LogP contribution in [-0.4, -0.2) is 13.5 Å². The number of rotatable bonds is 3. The predicted molar refractivity (Wildman–Crippen MR) is 77.4 cm³/mol. The summed E-state index contributed by atoms with van der Waals surface area (Å²) in [6.45, 7) is 0. The summed E-state index contributed by atoms with van der Waals surface area (Å²) in [4.78, 5) is -0.0996. The SMILES string of the molecule is O=S(=O)(Oc1cc(Cl)cc(O)c1Cl)c1ccc(Cl)cc1. The Balaban J connectivity index is 2.41. The van der Waals surface area contributed by atoms with Gasteiger partial charge in [0.15, 0.2) is 5.75 Å². The fourth-order valence-corrected chi connectivity index (χ4v) is 2.83. The first-order valence-electron chi connectivity index (χ1n) is 5.17. The van der Waals surface area contributed by atoms with Crippen LogP contribution in [-0.2, 0) is 10.1 Å². The minimum absolute atomic E-state index is 0.0909. The molecule has 106 valence electrons. The third kappa shape index (κ3) is 3.30. The van der Waals surface area contributed by atoms with Crippen molar-refractivity contribution in [3.8, 4) is 11.5 Å². The van der Waals surface area contributed by atoms with E-state index in [0.29, 0.717) is 5.02 Å². The smallest absolute Gasteiger partial charge is 0.339 e. The van der Waals surface area contributed by atoms with Gasteiger partial charge in [0.25, 0.3) is 0 Å². The predicted octanol–water partition coefficient (Wildman–Crippen LogP) is 4.12. The number of phenolic OH excluding ortho intramolecular Hbond substituents is 1. The minimum atomic E-state index is -4.10. The number of aromatic hydroxyl groups is 1. The zero-order chi connectivity index (χ0) is 14.9. The Hall–Kier alpha value is -1.14. The molecule has 0 amide bonds. The van der Waals surface area contributed by atoms with Crippen molar-refractivity contribution in [1.29, 1.82) is 0 Å². The van der Waals surface area contributed by atoms with E-state index in [1.807, 2.05) is 0 Å². The molecular weight excluding hydrogens is 347 g/mol. The van der Waals surface area contributed by atoms with Gasteiger partial charge in [-0.05, 0) is 24.3 Å². The minimum Gasteiger partial charge on any atom is -0.506 e. The van der Waals surface area contributed by atoms with Crippen LogP contribution in [0.4, 0.5) is 0 Å². The molecule has 0 aliphatic carbocycles. The molecule has 0 spiro atoms. The molecule has 2 aromatic carbocycles. The van der Waals surface area contributed by atoms with E-state index < -0.39 is 10.1 Å². The second-order valence-corrected chi connectivity index (χ2v) is 6.53. The van der Waals surface area contributed by atoms with Gasteiger partial charge in [0.2, 0.25) is 0 Å². The third-order valence-electron chi connectivity index (χ3n) is 2.29. The summed E-state index contributed by atoms with van der Waals surface area (Å²) < 4.78 is 29.0. The topological polar surface area (TPSA) is 63.6 Å². The highest BCUT2D eigenvalue weighted by atomic mass is 35.5. The molecule has 8 heteroatoms. The van der Waals surface area contributed by atoms with Gasteiger partial charge >= 0.3 is 10.1 Å². The summed E-state index contributed by atoms with van der Waals surface area (Å²) in [5, 5.41) is 9.71. The summed E-state index contributed by atoms with van der Waals surface area (Å²) in [6.07, 6.45) is 0. The maximum absolute atomic E-state index is 12.0. The second kappa shape index (κ2) is 5.69. The fraction of sp³-hybridized carbons (Fsp3) is 0. The van der Waals surface area contributed by atoms with Crippen LogP contribution in [0, 0.1) is 0 Å². The monoisotopic (exact) mass is 352 g/mol. The van der Waals surface area contributed by atoms with Crippen molar-refractivity contribution in [1.82, 2.24) is 0 Å². The van der Waals surface area contributed by atoms with E-state index in [1.165, 1.54) is 36.4 Å². The molecule has 2 aromatic rings. The number of hydrogen-bond donors (Lipinski definition) is 1. The number of hydrogen-bond acceptors (Lipinski definition) is 4. The van der Waals surface area contributed by atoms with E-state index >= 15 is 0 Å². The van der Waals surface area contributed by atoms with Crippen molar-refractivity contribution in [2.45, 2.75) is 4.90 Å². The van der Waals surface area contributed by atoms with Crippen molar-refractivity contribution < 1.29 is 17.7 Å². The molecule has 0 heterocycles. The van der Waals surface area contributed by atoms with E-state index in [0.717, 1.165) is 0 Å². The average molecular weight is 354 g/mol. The molecule has 0 unspecified atom stereocenters. The average Bonchev–Trinajstić information content (AvgIpc) is 2.35. The zero-order valence-corrected chi connectivity index (χ0v) is 12.8. The molecule has 0 fully saturated rings. The molecule has 0 saturated heterocycles. The van der Waals surface area contributed by atoms with Crippen molar-refractivity contribution in [2.24, 2.45) is 0 Å². The van der Waals surface area contributed by atoms with Gasteiger partial charge in [-0.25, -0.2) is 0 Å². The van der Waals surface area contributed by atoms with Crippen LogP contribution in [0.1, 0.15) is 0 Å². The molecule has 0 atom stereocenters. The molecule has 0 saturated carbocycles. The van der Waals surface area contributed by atoms with E-state index in [2.05, 4.69) is 0 Å². The Morgan fingerprint density at radius 3 is 2.15 bits per heavy atom. The first kappa shape index (κ1) is 15.3. The van der Waals surface area contributed by atoms with Gasteiger partial charge in [0.05, 0.1) is 0 Å². The highest BCUT2D eigenvalue weighted by Crippen LogP contribution is 2.37. The Morgan fingerprint density at radius 2 is 1.55 bits per heavy atom. The van der Waals surface area contributed by atoms with E-state index in [9.17, 15) is 13.5 Å². The van der Waals surface area contributed by atoms with Gasteiger partial charge in [0.1, 0.15) is 15.7 Å². The molecule has 2 rings (SSSR count). The van der Waals surface area contributed by atoms with Gasteiger partial charge in [-0.1, -0.05) is 34.8 Å². The first-order chi connectivity index (χ1) is 9.29. The van der Waals surface area contributed by atoms with E-state index in [1.54, 1.807) is 0 Å². The molecule has 0 aliphatic heterocycles. The highest BCUT2D eigenvalue weighted by Gasteiger charge is 2.20. The molecule has 0 radical (unpaired) electrons. The van der Waals surface area contributed by atoms with Crippen LogP contribution in [0.3, 0.4) is 0 Å². The molecule has 0 aromatic heterocycles. The molecule has 0 aliphatic rings. The van der Waals surface area contributed by atoms with Crippen LogP contribution >= 0.6 is 34.8 Å². The summed E-state index contributed by atoms with van der Waals surface area (Å²) >= 11 is 17.2. The first-order valence-corrected chi connectivity index (χ1v) is 7.72. The standard InChI is InChI=1S/C12H7Cl3O4S/c13-7-1-3-9(4-2-7)20(17,18)19-11-6-8(14)5-10(16)12(11)15/h1-6,16H. The van der Waals surface area contributed by atoms with Crippen LogP contribution in [0.2, 0.25) is 15.1 Å². The molecule has 20 heavy (non-hydrogen) atoms.